The summed E-state index contributed by atoms with van der Waals surface area (Å²) in [5.74, 6) is -0.718. The lowest BCUT2D eigenvalue weighted by atomic mass is 10.1. The Labute approximate surface area is 163 Å². The van der Waals surface area contributed by atoms with Gasteiger partial charge in [-0.15, -0.1) is 0 Å². The Morgan fingerprint density at radius 2 is 1.83 bits per heavy atom. The number of fused-ring (bicyclic) bond motifs is 3. The number of aromatic nitrogens is 2. The van der Waals surface area contributed by atoms with E-state index in [0.717, 1.165) is 0 Å². The minimum Gasteiger partial charge on any atom is -0.364 e. The predicted octanol–water partition coefficient (Wildman–Crippen LogP) is 3.14. The summed E-state index contributed by atoms with van der Waals surface area (Å²) in [5, 5.41) is 1.10. The van der Waals surface area contributed by atoms with Crippen molar-refractivity contribution in [1.82, 2.24) is 9.55 Å². The van der Waals surface area contributed by atoms with E-state index in [9.17, 15) is 21.6 Å². The van der Waals surface area contributed by atoms with Crippen LogP contribution in [0.5, 0.6) is 5.88 Å². The molecule has 0 radical (unpaired) electrons. The van der Waals surface area contributed by atoms with Gasteiger partial charge in [0.25, 0.3) is 5.88 Å². The number of hydrogen-bond acceptors (Lipinski definition) is 7. The first-order chi connectivity index (χ1) is 13.7. The van der Waals surface area contributed by atoms with Gasteiger partial charge in [-0.3, -0.25) is 0 Å². The monoisotopic (exact) mass is 434 g/mol. The maximum atomic E-state index is 12.9. The Morgan fingerprint density at radius 1 is 1.10 bits per heavy atom. The van der Waals surface area contributed by atoms with Crippen molar-refractivity contribution in [3.8, 4) is 5.88 Å². The van der Waals surface area contributed by atoms with E-state index in [1.165, 1.54) is 18.8 Å². The molecular formula is C17H17F3N2O6S. The van der Waals surface area contributed by atoms with Gasteiger partial charge in [0.15, 0.2) is 0 Å². The number of halogens is 3. The van der Waals surface area contributed by atoms with Gasteiger partial charge in [0.1, 0.15) is 19.0 Å². The summed E-state index contributed by atoms with van der Waals surface area (Å²) in [7, 11) is -3.14. The van der Waals surface area contributed by atoms with Gasteiger partial charge < -0.3 is 23.0 Å². The Hall–Kier alpha value is -2.41. The molecule has 12 heteroatoms. The number of para-hydroxylation sites is 1. The topological polar surface area (TPSA) is 88.9 Å². The molecular weight excluding hydrogens is 417 g/mol. The maximum absolute atomic E-state index is 12.9. The fraction of sp³-hybridized carbons (Fsp3) is 0.353. The highest BCUT2D eigenvalue weighted by Crippen LogP contribution is 2.37. The minimum absolute atomic E-state index is 0.0522. The van der Waals surface area contributed by atoms with E-state index < -0.39 is 21.5 Å². The Kier molecular flexibility index (Phi) is 5.98. The number of pyridine rings is 1. The third kappa shape index (κ3) is 4.15. The first-order valence-corrected chi connectivity index (χ1v) is 9.57. The molecule has 3 rings (SSSR count). The van der Waals surface area contributed by atoms with E-state index in [1.54, 1.807) is 30.3 Å². The van der Waals surface area contributed by atoms with Crippen molar-refractivity contribution in [2.75, 3.05) is 21.0 Å². The van der Waals surface area contributed by atoms with E-state index in [2.05, 4.69) is 9.17 Å². The molecule has 0 aliphatic rings. The molecule has 0 fully saturated rings. The summed E-state index contributed by atoms with van der Waals surface area (Å²) in [4.78, 5) is 3.95. The fourth-order valence-corrected chi connectivity index (χ4v) is 3.28. The number of ether oxygens (including phenoxy) is 3. The van der Waals surface area contributed by atoms with Crippen molar-refractivity contribution in [1.29, 1.82) is 0 Å². The van der Waals surface area contributed by atoms with Crippen LogP contribution in [0.25, 0.3) is 21.8 Å². The van der Waals surface area contributed by atoms with Gasteiger partial charge in [0.2, 0.25) is 0 Å². The zero-order valence-corrected chi connectivity index (χ0v) is 16.2. The van der Waals surface area contributed by atoms with Crippen molar-refractivity contribution in [2.45, 2.75) is 18.8 Å². The molecule has 0 saturated heterocycles. The van der Waals surface area contributed by atoms with E-state index in [1.807, 2.05) is 0 Å². The number of benzene rings is 1. The molecule has 2 heterocycles. The van der Waals surface area contributed by atoms with Crippen LogP contribution in [0.1, 0.15) is 5.69 Å². The molecule has 0 N–H and O–H groups in total. The largest absolute Gasteiger partial charge is 0.534 e. The highest BCUT2D eigenvalue weighted by Gasteiger charge is 2.49. The molecule has 1 aromatic carbocycles. The highest BCUT2D eigenvalue weighted by atomic mass is 32.2. The molecule has 2 aromatic heterocycles. The van der Waals surface area contributed by atoms with Crippen molar-refractivity contribution in [2.24, 2.45) is 0 Å². The van der Waals surface area contributed by atoms with Gasteiger partial charge in [0.05, 0.1) is 17.8 Å². The number of hydrogen-bond donors (Lipinski definition) is 0. The molecule has 0 aliphatic carbocycles. The van der Waals surface area contributed by atoms with Crippen LogP contribution in [0, 0.1) is 0 Å². The first-order valence-electron chi connectivity index (χ1n) is 8.17. The third-order valence-electron chi connectivity index (χ3n) is 3.95. The number of methoxy groups -OCH3 is 2. The summed E-state index contributed by atoms with van der Waals surface area (Å²) < 4.78 is 83.0. The normalized spacial score (nSPS) is 12.7. The summed E-state index contributed by atoms with van der Waals surface area (Å²) in [6.45, 7) is -0.272. The molecule has 3 aromatic rings. The molecule has 0 saturated carbocycles. The molecule has 158 valence electrons. The van der Waals surface area contributed by atoms with Crippen LogP contribution in [-0.4, -0.2) is 44.5 Å². The quantitative estimate of drug-likeness (QED) is 0.233. The Morgan fingerprint density at radius 3 is 2.48 bits per heavy atom. The minimum atomic E-state index is -5.94. The molecule has 0 atom stereocenters. The van der Waals surface area contributed by atoms with Crippen LogP contribution in [0.2, 0.25) is 0 Å². The predicted molar refractivity (Wildman–Crippen MR) is 96.5 cm³/mol. The van der Waals surface area contributed by atoms with Crippen LogP contribution in [0.15, 0.2) is 30.3 Å². The van der Waals surface area contributed by atoms with Crippen LogP contribution in [0.4, 0.5) is 13.2 Å². The second-order valence-electron chi connectivity index (χ2n) is 5.92. The van der Waals surface area contributed by atoms with E-state index in [4.69, 9.17) is 14.2 Å². The van der Waals surface area contributed by atoms with Gasteiger partial charge >= 0.3 is 15.6 Å². The number of nitrogens with zero attached hydrogens (tertiary/aromatic N) is 2. The average molecular weight is 434 g/mol. The standard InChI is InChI=1S/C17H17F3N2O6S/c1-25-9-22-14-6-4-3-5-12(14)13-7-11(8-27-10-26-2)21-16(15(13)22)28-29(23,24)17(18,19)20/h3-7H,8-10H2,1-2H3. The number of alkyl halides is 3. The van der Waals surface area contributed by atoms with Crippen LogP contribution in [-0.2, 0) is 37.7 Å². The van der Waals surface area contributed by atoms with Crippen LogP contribution < -0.4 is 4.18 Å². The van der Waals surface area contributed by atoms with Crippen molar-refractivity contribution in [3.05, 3.63) is 36.0 Å². The molecule has 0 amide bonds. The molecule has 8 nitrogen and oxygen atoms in total. The lowest BCUT2D eigenvalue weighted by Gasteiger charge is -2.13. The van der Waals surface area contributed by atoms with Gasteiger partial charge in [-0.1, -0.05) is 18.2 Å². The fourth-order valence-electron chi connectivity index (χ4n) is 2.87. The SMILES string of the molecule is COCOCc1cc2c3ccccc3n(COC)c2c(OS(=O)(=O)C(F)(F)F)n1. The Bertz CT molecular complexity index is 1130. The summed E-state index contributed by atoms with van der Waals surface area (Å²) in [6.07, 6.45) is 0. The summed E-state index contributed by atoms with van der Waals surface area (Å²) in [6, 6.07) is 8.53. The van der Waals surface area contributed by atoms with Crippen molar-refractivity contribution < 1.29 is 40.0 Å². The second kappa shape index (κ2) is 8.14. The van der Waals surface area contributed by atoms with Crippen LogP contribution in [0.3, 0.4) is 0 Å². The maximum Gasteiger partial charge on any atom is 0.534 e. The molecule has 0 spiro atoms. The summed E-state index contributed by atoms with van der Waals surface area (Å²) >= 11 is 0. The zero-order valence-electron chi connectivity index (χ0n) is 15.4. The lowest BCUT2D eigenvalue weighted by Crippen LogP contribution is -2.28. The van der Waals surface area contributed by atoms with E-state index in [0.29, 0.717) is 16.3 Å². The number of rotatable bonds is 8. The third-order valence-corrected chi connectivity index (χ3v) is 4.89. The second-order valence-corrected chi connectivity index (χ2v) is 7.45. The highest BCUT2D eigenvalue weighted by molar-refractivity contribution is 7.88. The van der Waals surface area contributed by atoms with Crippen LogP contribution >= 0.6 is 0 Å². The van der Waals surface area contributed by atoms with Gasteiger partial charge in [-0.25, -0.2) is 4.98 Å². The average Bonchev–Trinajstić information content (AvgIpc) is 2.96. The smallest absolute Gasteiger partial charge is 0.364 e. The molecule has 0 unspecified atom stereocenters. The van der Waals surface area contributed by atoms with Crippen molar-refractivity contribution in [3.63, 3.8) is 0 Å². The van der Waals surface area contributed by atoms with Gasteiger partial charge in [-0.05, 0) is 12.1 Å². The lowest BCUT2D eigenvalue weighted by molar-refractivity contribution is -0.0501. The molecule has 29 heavy (non-hydrogen) atoms. The van der Waals surface area contributed by atoms with Gasteiger partial charge in [-0.2, -0.15) is 21.6 Å². The zero-order chi connectivity index (χ0) is 21.2. The van der Waals surface area contributed by atoms with E-state index in [-0.39, 0.29) is 31.3 Å². The summed E-state index contributed by atoms with van der Waals surface area (Å²) in [5.41, 5.74) is -4.78. The van der Waals surface area contributed by atoms with Gasteiger partial charge in [0, 0.05) is 25.0 Å². The van der Waals surface area contributed by atoms with E-state index >= 15 is 0 Å². The molecule has 0 bridgehead atoms. The van der Waals surface area contributed by atoms with Crippen molar-refractivity contribution >= 4 is 31.9 Å². The first kappa shape index (κ1) is 21.3. The Balaban J connectivity index is 2.28. The molecule has 0 aliphatic heterocycles.